The summed E-state index contributed by atoms with van der Waals surface area (Å²) in [5.41, 5.74) is -0.771. The summed E-state index contributed by atoms with van der Waals surface area (Å²) in [6.45, 7) is 7.13. The van der Waals surface area contributed by atoms with Crippen molar-refractivity contribution in [3.05, 3.63) is 0 Å². The summed E-state index contributed by atoms with van der Waals surface area (Å²) in [4.78, 5) is 24.0. The first-order valence-corrected chi connectivity index (χ1v) is 7.16. The van der Waals surface area contributed by atoms with E-state index in [4.69, 9.17) is 9.47 Å². The van der Waals surface area contributed by atoms with E-state index in [2.05, 4.69) is 10.6 Å². The Morgan fingerprint density at radius 1 is 1.25 bits per heavy atom. The Morgan fingerprint density at radius 2 is 1.85 bits per heavy atom. The van der Waals surface area contributed by atoms with E-state index >= 15 is 0 Å². The standard InChI is InChI=1S/C14H26N2O4/c1-10(2)20-12(17)11(3)9-16-13(18)14(19-4)5-7-15-8-6-14/h10-11,15H,5-9H2,1-4H3,(H,16,18). The van der Waals surface area contributed by atoms with Gasteiger partial charge in [-0.15, -0.1) is 0 Å². The minimum absolute atomic E-state index is 0.143. The quantitative estimate of drug-likeness (QED) is 0.694. The molecule has 0 aromatic carbocycles. The highest BCUT2D eigenvalue weighted by molar-refractivity contribution is 5.86. The fourth-order valence-electron chi connectivity index (χ4n) is 2.19. The number of hydrogen-bond acceptors (Lipinski definition) is 5. The molecule has 2 N–H and O–H groups in total. The summed E-state index contributed by atoms with van der Waals surface area (Å²) < 4.78 is 10.5. The van der Waals surface area contributed by atoms with Crippen molar-refractivity contribution in [3.63, 3.8) is 0 Å². The molecule has 6 nitrogen and oxygen atoms in total. The zero-order valence-electron chi connectivity index (χ0n) is 12.8. The number of ether oxygens (including phenoxy) is 2. The lowest BCUT2D eigenvalue weighted by atomic mass is 9.91. The van der Waals surface area contributed by atoms with Gasteiger partial charge in [0.1, 0.15) is 5.60 Å². The SMILES string of the molecule is COC1(C(=O)NCC(C)C(=O)OC(C)C)CCNCC1. The van der Waals surface area contributed by atoms with Crippen LogP contribution in [-0.4, -0.2) is 50.3 Å². The Bertz CT molecular complexity index is 338. The van der Waals surface area contributed by atoms with E-state index in [-0.39, 0.29) is 30.4 Å². The maximum absolute atomic E-state index is 12.3. The summed E-state index contributed by atoms with van der Waals surface area (Å²) in [5.74, 6) is -0.806. The molecule has 1 aliphatic heterocycles. The molecular weight excluding hydrogens is 260 g/mol. The van der Waals surface area contributed by atoms with Crippen molar-refractivity contribution in [2.75, 3.05) is 26.7 Å². The number of methoxy groups -OCH3 is 1. The second-order valence-electron chi connectivity index (χ2n) is 5.55. The summed E-state index contributed by atoms with van der Waals surface area (Å²) in [7, 11) is 1.56. The molecule has 0 aromatic heterocycles. The van der Waals surface area contributed by atoms with E-state index < -0.39 is 5.60 Å². The second kappa shape index (κ2) is 7.59. The van der Waals surface area contributed by atoms with Crippen LogP contribution in [0.4, 0.5) is 0 Å². The average molecular weight is 286 g/mol. The topological polar surface area (TPSA) is 76.7 Å². The summed E-state index contributed by atoms with van der Waals surface area (Å²) in [5, 5.41) is 6.00. The highest BCUT2D eigenvalue weighted by Crippen LogP contribution is 2.22. The molecule has 0 saturated carbocycles. The van der Waals surface area contributed by atoms with Crippen LogP contribution in [0.1, 0.15) is 33.6 Å². The Labute approximate surface area is 120 Å². The zero-order valence-corrected chi connectivity index (χ0v) is 12.8. The smallest absolute Gasteiger partial charge is 0.310 e. The van der Waals surface area contributed by atoms with E-state index in [1.165, 1.54) is 0 Å². The van der Waals surface area contributed by atoms with Gasteiger partial charge in [-0.1, -0.05) is 6.92 Å². The van der Waals surface area contributed by atoms with E-state index in [0.717, 1.165) is 13.1 Å². The minimum atomic E-state index is -0.771. The van der Waals surface area contributed by atoms with Gasteiger partial charge in [0.25, 0.3) is 5.91 Å². The number of carbonyl (C=O) groups is 2. The van der Waals surface area contributed by atoms with Crippen LogP contribution in [0.3, 0.4) is 0 Å². The minimum Gasteiger partial charge on any atom is -0.463 e. The van der Waals surface area contributed by atoms with Gasteiger partial charge in [-0.2, -0.15) is 0 Å². The number of hydrogen-bond donors (Lipinski definition) is 2. The lowest BCUT2D eigenvalue weighted by Gasteiger charge is -2.35. The van der Waals surface area contributed by atoms with Crippen molar-refractivity contribution in [3.8, 4) is 0 Å². The van der Waals surface area contributed by atoms with Gasteiger partial charge < -0.3 is 20.1 Å². The van der Waals surface area contributed by atoms with Gasteiger partial charge in [-0.05, 0) is 39.8 Å². The molecule has 0 spiro atoms. The number of nitrogens with one attached hydrogen (secondary N) is 2. The van der Waals surface area contributed by atoms with Crippen molar-refractivity contribution < 1.29 is 19.1 Å². The van der Waals surface area contributed by atoms with Crippen LogP contribution in [0.5, 0.6) is 0 Å². The van der Waals surface area contributed by atoms with E-state index in [0.29, 0.717) is 12.8 Å². The van der Waals surface area contributed by atoms with Crippen LogP contribution in [-0.2, 0) is 19.1 Å². The van der Waals surface area contributed by atoms with Crippen LogP contribution < -0.4 is 10.6 Å². The Morgan fingerprint density at radius 3 is 2.35 bits per heavy atom. The molecule has 0 bridgehead atoms. The molecule has 1 amide bonds. The van der Waals surface area contributed by atoms with Crippen molar-refractivity contribution in [1.82, 2.24) is 10.6 Å². The molecule has 1 heterocycles. The molecular formula is C14H26N2O4. The predicted octanol–water partition coefficient (Wildman–Crippen LogP) is 0.459. The van der Waals surface area contributed by atoms with Crippen molar-refractivity contribution >= 4 is 11.9 Å². The highest BCUT2D eigenvalue weighted by Gasteiger charge is 2.39. The Balaban J connectivity index is 2.47. The van der Waals surface area contributed by atoms with Gasteiger partial charge in [-0.25, -0.2) is 0 Å². The van der Waals surface area contributed by atoms with E-state index in [1.807, 2.05) is 0 Å². The van der Waals surface area contributed by atoms with Crippen LogP contribution in [0.2, 0.25) is 0 Å². The summed E-state index contributed by atoms with van der Waals surface area (Å²) >= 11 is 0. The van der Waals surface area contributed by atoms with Crippen molar-refractivity contribution in [2.45, 2.75) is 45.3 Å². The van der Waals surface area contributed by atoms with Crippen LogP contribution in [0.15, 0.2) is 0 Å². The van der Waals surface area contributed by atoms with Crippen molar-refractivity contribution in [2.24, 2.45) is 5.92 Å². The zero-order chi connectivity index (χ0) is 15.2. The molecule has 0 radical (unpaired) electrons. The monoisotopic (exact) mass is 286 g/mol. The van der Waals surface area contributed by atoms with Gasteiger partial charge in [0.15, 0.2) is 0 Å². The van der Waals surface area contributed by atoms with Gasteiger partial charge in [0, 0.05) is 13.7 Å². The molecule has 0 aromatic rings. The van der Waals surface area contributed by atoms with E-state index in [1.54, 1.807) is 27.9 Å². The Hall–Kier alpha value is -1.14. The second-order valence-corrected chi connectivity index (χ2v) is 5.55. The number of piperidine rings is 1. The normalized spacial score (nSPS) is 19.4. The molecule has 20 heavy (non-hydrogen) atoms. The molecule has 6 heteroatoms. The molecule has 0 aliphatic carbocycles. The molecule has 116 valence electrons. The lowest BCUT2D eigenvalue weighted by molar-refractivity contribution is -0.152. The average Bonchev–Trinajstić information content (AvgIpc) is 2.44. The fraction of sp³-hybridized carbons (Fsp3) is 0.857. The molecule has 1 saturated heterocycles. The van der Waals surface area contributed by atoms with Crippen LogP contribution >= 0.6 is 0 Å². The first kappa shape index (κ1) is 16.9. The lowest BCUT2D eigenvalue weighted by Crippen LogP contribution is -2.54. The molecule has 1 fully saturated rings. The van der Waals surface area contributed by atoms with Crippen LogP contribution in [0.25, 0.3) is 0 Å². The maximum atomic E-state index is 12.3. The molecule has 1 aliphatic rings. The van der Waals surface area contributed by atoms with Gasteiger partial charge in [0.2, 0.25) is 0 Å². The summed E-state index contributed by atoms with van der Waals surface area (Å²) in [6.07, 6.45) is 1.13. The van der Waals surface area contributed by atoms with Gasteiger partial charge >= 0.3 is 5.97 Å². The fourth-order valence-corrected chi connectivity index (χ4v) is 2.19. The first-order valence-electron chi connectivity index (χ1n) is 7.16. The van der Waals surface area contributed by atoms with Crippen molar-refractivity contribution in [1.29, 1.82) is 0 Å². The number of rotatable bonds is 6. The van der Waals surface area contributed by atoms with Gasteiger partial charge in [0.05, 0.1) is 12.0 Å². The third-order valence-corrected chi connectivity index (χ3v) is 3.54. The molecule has 1 rings (SSSR count). The number of amides is 1. The third-order valence-electron chi connectivity index (χ3n) is 3.54. The predicted molar refractivity (Wildman–Crippen MR) is 75.2 cm³/mol. The third kappa shape index (κ3) is 4.45. The van der Waals surface area contributed by atoms with Gasteiger partial charge in [-0.3, -0.25) is 9.59 Å². The molecule has 1 unspecified atom stereocenters. The summed E-state index contributed by atoms with van der Waals surface area (Å²) in [6, 6.07) is 0. The maximum Gasteiger partial charge on any atom is 0.310 e. The largest absolute Gasteiger partial charge is 0.463 e. The number of carbonyl (C=O) groups excluding carboxylic acids is 2. The van der Waals surface area contributed by atoms with Crippen LogP contribution in [0, 0.1) is 5.92 Å². The van der Waals surface area contributed by atoms with E-state index in [9.17, 15) is 9.59 Å². The highest BCUT2D eigenvalue weighted by atomic mass is 16.5. The first-order chi connectivity index (χ1) is 9.41. The number of esters is 1. The molecule has 1 atom stereocenters. The Kier molecular flexibility index (Phi) is 6.42.